The predicted octanol–water partition coefficient (Wildman–Crippen LogP) is 1.76. The summed E-state index contributed by atoms with van der Waals surface area (Å²) in [7, 11) is 0. The lowest BCUT2D eigenvalue weighted by atomic mass is 9.76. The number of nitrogens with one attached hydrogen (secondary N) is 2. The maximum atomic E-state index is 14.1. The second-order valence-electron chi connectivity index (χ2n) is 9.51. The number of carbonyl (C=O) groups is 2. The summed E-state index contributed by atoms with van der Waals surface area (Å²) in [6, 6.07) is 0.362. The molecule has 0 spiro atoms. The van der Waals surface area contributed by atoms with Crippen LogP contribution in [0.5, 0.6) is 5.88 Å². The van der Waals surface area contributed by atoms with E-state index in [4.69, 9.17) is 9.47 Å². The van der Waals surface area contributed by atoms with Crippen LogP contribution in [0.3, 0.4) is 0 Å². The summed E-state index contributed by atoms with van der Waals surface area (Å²) in [5, 5.41) is 6.21. The van der Waals surface area contributed by atoms with Crippen LogP contribution >= 0.6 is 0 Å². The van der Waals surface area contributed by atoms with E-state index in [0.717, 1.165) is 49.0 Å². The largest absolute Gasteiger partial charge is 0.465 e. The minimum Gasteiger partial charge on any atom is -0.465 e. The molecule has 6 rings (SSSR count). The van der Waals surface area contributed by atoms with Gasteiger partial charge in [-0.3, -0.25) is 14.7 Å². The molecule has 10 nitrogen and oxygen atoms in total. The molecule has 2 aromatic rings. The fourth-order valence-corrected chi connectivity index (χ4v) is 5.33. The molecule has 1 saturated heterocycles. The van der Waals surface area contributed by atoms with Crippen molar-refractivity contribution in [3.8, 4) is 5.88 Å². The highest BCUT2D eigenvalue weighted by Gasteiger charge is 2.44. The molecule has 2 N–H and O–H groups in total. The van der Waals surface area contributed by atoms with Crippen LogP contribution in [0.2, 0.25) is 0 Å². The van der Waals surface area contributed by atoms with Gasteiger partial charge in [0, 0.05) is 17.7 Å². The lowest BCUT2D eigenvalue weighted by Crippen LogP contribution is -2.48. The van der Waals surface area contributed by atoms with Gasteiger partial charge in [-0.25, -0.2) is 19.2 Å². The SMILES string of the molecule is Cc1ncc(F)c2c1CC(CNC1CC(C3CN(c4cnc5c(n4)NC(=O)CO5)C(=O)O3)C1)C2. The number of aromatic nitrogens is 3. The van der Waals surface area contributed by atoms with E-state index in [9.17, 15) is 14.0 Å². The zero-order valence-electron chi connectivity index (χ0n) is 18.7. The van der Waals surface area contributed by atoms with Crippen molar-refractivity contribution in [1.29, 1.82) is 0 Å². The van der Waals surface area contributed by atoms with Gasteiger partial charge in [0.05, 0.1) is 18.9 Å². The second kappa shape index (κ2) is 8.15. The van der Waals surface area contributed by atoms with Crippen molar-refractivity contribution in [1.82, 2.24) is 20.3 Å². The number of hydrogen-bond donors (Lipinski definition) is 2. The van der Waals surface area contributed by atoms with Crippen LogP contribution in [0.25, 0.3) is 0 Å². The molecule has 4 aliphatic rings. The third kappa shape index (κ3) is 3.73. The monoisotopic (exact) mass is 468 g/mol. The Morgan fingerprint density at radius 2 is 2.03 bits per heavy atom. The van der Waals surface area contributed by atoms with Gasteiger partial charge in [0.1, 0.15) is 11.9 Å². The van der Waals surface area contributed by atoms with Crippen LogP contribution < -0.4 is 20.3 Å². The Labute approximate surface area is 195 Å². The number of cyclic esters (lactones) is 1. The van der Waals surface area contributed by atoms with Crippen molar-refractivity contribution < 1.29 is 23.5 Å². The average molecular weight is 468 g/mol. The van der Waals surface area contributed by atoms with Crippen molar-refractivity contribution in [2.24, 2.45) is 11.8 Å². The first-order valence-electron chi connectivity index (χ1n) is 11.6. The standard InChI is InChI=1S/C23H25FN6O4/c1-11-15-2-12(3-16(15)17(24)7-25-11)6-26-14-4-13(5-14)18-9-30(23(32)34-18)19-8-27-22-21(28-19)29-20(31)10-33-22/h7-8,12-14,18,26H,2-6,9-10H2,1H3,(H,28,29,31). The highest BCUT2D eigenvalue weighted by atomic mass is 19.1. The van der Waals surface area contributed by atoms with E-state index in [1.807, 2.05) is 6.92 Å². The molecule has 2 atom stereocenters. The number of anilines is 2. The average Bonchev–Trinajstić information content (AvgIpc) is 3.39. The maximum Gasteiger partial charge on any atom is 0.416 e. The lowest BCUT2D eigenvalue weighted by molar-refractivity contribution is -0.118. The number of rotatable bonds is 5. The maximum absolute atomic E-state index is 14.1. The molecule has 0 aromatic carbocycles. The summed E-state index contributed by atoms with van der Waals surface area (Å²) in [4.78, 5) is 38.1. The third-order valence-corrected chi connectivity index (χ3v) is 7.28. The van der Waals surface area contributed by atoms with Gasteiger partial charge < -0.3 is 20.1 Å². The quantitative estimate of drug-likeness (QED) is 0.682. The molecular weight excluding hydrogens is 443 g/mol. The van der Waals surface area contributed by atoms with Crippen molar-refractivity contribution in [3.05, 3.63) is 35.0 Å². The predicted molar refractivity (Wildman–Crippen MR) is 118 cm³/mol. The molecule has 2 aliphatic heterocycles. The summed E-state index contributed by atoms with van der Waals surface area (Å²) in [5.74, 6) is 0.898. The van der Waals surface area contributed by atoms with Gasteiger partial charge in [-0.15, -0.1) is 0 Å². The van der Waals surface area contributed by atoms with E-state index >= 15 is 0 Å². The molecule has 178 valence electrons. The molecule has 11 heteroatoms. The molecule has 0 radical (unpaired) electrons. The number of amides is 2. The molecule has 2 aromatic heterocycles. The third-order valence-electron chi connectivity index (χ3n) is 7.28. The molecule has 1 saturated carbocycles. The molecule has 0 bridgehead atoms. The molecular formula is C23H25FN6O4. The van der Waals surface area contributed by atoms with Gasteiger partial charge in [-0.1, -0.05) is 0 Å². The Hall–Kier alpha value is -3.34. The Balaban J connectivity index is 1.00. The summed E-state index contributed by atoms with van der Waals surface area (Å²) in [5.41, 5.74) is 2.81. The molecule has 2 amide bonds. The van der Waals surface area contributed by atoms with E-state index in [0.29, 0.717) is 24.3 Å². The first-order chi connectivity index (χ1) is 16.4. The summed E-state index contributed by atoms with van der Waals surface area (Å²) in [6.45, 7) is 3.06. The highest BCUT2D eigenvalue weighted by Crippen LogP contribution is 2.37. The van der Waals surface area contributed by atoms with Crippen LogP contribution in [0.1, 0.15) is 29.7 Å². The van der Waals surface area contributed by atoms with Crippen LogP contribution in [0.4, 0.5) is 20.8 Å². The molecule has 2 unspecified atom stereocenters. The highest BCUT2D eigenvalue weighted by molar-refractivity contribution is 5.94. The van der Waals surface area contributed by atoms with Crippen molar-refractivity contribution in [3.63, 3.8) is 0 Å². The van der Waals surface area contributed by atoms with E-state index < -0.39 is 6.09 Å². The number of hydrogen-bond acceptors (Lipinski definition) is 8. The van der Waals surface area contributed by atoms with Crippen molar-refractivity contribution >= 4 is 23.6 Å². The Kier molecular flexibility index (Phi) is 5.09. The van der Waals surface area contributed by atoms with Crippen LogP contribution in [-0.2, 0) is 22.4 Å². The van der Waals surface area contributed by atoms with Crippen LogP contribution in [0, 0.1) is 24.6 Å². The number of ether oxygens (including phenoxy) is 2. The van der Waals surface area contributed by atoms with Gasteiger partial charge in [0.25, 0.3) is 11.8 Å². The summed E-state index contributed by atoms with van der Waals surface area (Å²) >= 11 is 0. The summed E-state index contributed by atoms with van der Waals surface area (Å²) in [6.07, 6.45) is 5.53. The number of nitrogens with zero attached hydrogens (tertiary/aromatic N) is 4. The van der Waals surface area contributed by atoms with Gasteiger partial charge in [-0.05, 0) is 56.2 Å². The Morgan fingerprint density at radius 1 is 1.21 bits per heavy atom. The number of pyridine rings is 1. The number of fused-ring (bicyclic) bond motifs is 2. The van der Waals surface area contributed by atoms with Gasteiger partial charge in [-0.2, -0.15) is 0 Å². The van der Waals surface area contributed by atoms with E-state index in [2.05, 4.69) is 25.6 Å². The topological polar surface area (TPSA) is 119 Å². The number of halogens is 1. The number of carbonyl (C=O) groups excluding carboxylic acids is 2. The minimum atomic E-state index is -0.464. The van der Waals surface area contributed by atoms with E-state index in [-0.39, 0.29) is 42.1 Å². The normalized spacial score (nSPS) is 27.4. The molecule has 2 fully saturated rings. The van der Waals surface area contributed by atoms with E-state index in [1.165, 1.54) is 17.3 Å². The molecule has 4 heterocycles. The minimum absolute atomic E-state index is 0.104. The zero-order chi connectivity index (χ0) is 23.4. The Morgan fingerprint density at radius 3 is 2.85 bits per heavy atom. The van der Waals surface area contributed by atoms with Crippen LogP contribution in [-0.4, -0.2) is 58.8 Å². The summed E-state index contributed by atoms with van der Waals surface area (Å²) < 4.78 is 24.9. The smallest absolute Gasteiger partial charge is 0.416 e. The number of aryl methyl sites for hydroxylation is 1. The van der Waals surface area contributed by atoms with Crippen molar-refractivity contribution in [2.45, 2.75) is 44.8 Å². The lowest BCUT2D eigenvalue weighted by Gasteiger charge is -2.38. The van der Waals surface area contributed by atoms with Crippen LogP contribution in [0.15, 0.2) is 12.4 Å². The van der Waals surface area contributed by atoms with Gasteiger partial charge in [0.2, 0.25) is 0 Å². The second-order valence-corrected chi connectivity index (χ2v) is 9.51. The first-order valence-corrected chi connectivity index (χ1v) is 11.6. The van der Waals surface area contributed by atoms with Crippen molar-refractivity contribution in [2.75, 3.05) is 29.9 Å². The zero-order valence-corrected chi connectivity index (χ0v) is 18.7. The fourth-order valence-electron chi connectivity index (χ4n) is 5.33. The van der Waals surface area contributed by atoms with Gasteiger partial charge in [0.15, 0.2) is 18.2 Å². The molecule has 34 heavy (non-hydrogen) atoms. The Bertz CT molecular complexity index is 1140. The van der Waals surface area contributed by atoms with Gasteiger partial charge >= 0.3 is 6.09 Å². The molecule has 2 aliphatic carbocycles. The first kappa shape index (κ1) is 21.2. The van der Waals surface area contributed by atoms with E-state index in [1.54, 1.807) is 0 Å². The fraction of sp³-hybridized carbons (Fsp3) is 0.522.